The number of cyclic esters (lactones) is 1. The number of H-pyrrole nitrogens is 1. The van der Waals surface area contributed by atoms with E-state index in [1.54, 1.807) is 0 Å². The van der Waals surface area contributed by atoms with Crippen molar-refractivity contribution in [3.8, 4) is 0 Å². The number of benzene rings is 1. The van der Waals surface area contributed by atoms with E-state index < -0.39 is 17.1 Å². The molecular weight excluding hydrogens is 327 g/mol. The molecule has 1 spiro atoms. The van der Waals surface area contributed by atoms with Crippen molar-refractivity contribution in [1.82, 2.24) is 20.8 Å². The summed E-state index contributed by atoms with van der Waals surface area (Å²) in [6.45, 7) is 1.83. The molecule has 3 N–H and O–H groups in total. The summed E-state index contributed by atoms with van der Waals surface area (Å²) >= 11 is 0. The predicted molar refractivity (Wildman–Crippen MR) is 87.4 cm³/mol. The van der Waals surface area contributed by atoms with E-state index >= 15 is 0 Å². The van der Waals surface area contributed by atoms with E-state index in [9.17, 15) is 14.0 Å². The largest absolute Gasteiger partial charge is 0.460 e. The smallest absolute Gasteiger partial charge is 0.312 e. The maximum Gasteiger partial charge on any atom is 0.312 e. The Labute approximate surface area is 143 Å². The molecule has 1 aromatic carbocycles. The molecule has 3 heterocycles. The summed E-state index contributed by atoms with van der Waals surface area (Å²) in [5, 5.41) is 13.1. The zero-order valence-corrected chi connectivity index (χ0v) is 13.6. The fourth-order valence-electron chi connectivity index (χ4n) is 3.71. The first-order valence-corrected chi connectivity index (χ1v) is 8.41. The Balaban J connectivity index is 1.42. The second-order valence-corrected chi connectivity index (χ2v) is 6.73. The number of halogens is 1. The minimum atomic E-state index is -0.430. The molecular formula is C17H19FN4O3. The number of carbonyl (C=O) groups excluding carboxylic acids is 2. The minimum Gasteiger partial charge on any atom is -0.460 e. The normalized spacial score (nSPS) is 22.3. The average molecular weight is 346 g/mol. The van der Waals surface area contributed by atoms with Crippen LogP contribution in [0.4, 0.5) is 4.39 Å². The van der Waals surface area contributed by atoms with Crippen molar-refractivity contribution in [2.24, 2.45) is 5.41 Å². The van der Waals surface area contributed by atoms with E-state index in [2.05, 4.69) is 20.8 Å². The van der Waals surface area contributed by atoms with Gasteiger partial charge in [0.15, 0.2) is 5.69 Å². The van der Waals surface area contributed by atoms with Gasteiger partial charge in [-0.2, -0.15) is 5.10 Å². The predicted octanol–water partition coefficient (Wildman–Crippen LogP) is 1.12. The Kier molecular flexibility index (Phi) is 3.91. The molecule has 1 atom stereocenters. The average Bonchev–Trinajstić information content (AvgIpc) is 3.15. The fraction of sp³-hybridized carbons (Fsp3) is 0.471. The van der Waals surface area contributed by atoms with E-state index in [1.807, 2.05) is 0 Å². The lowest BCUT2D eigenvalue weighted by molar-refractivity contribution is -0.149. The van der Waals surface area contributed by atoms with Gasteiger partial charge >= 0.3 is 5.97 Å². The van der Waals surface area contributed by atoms with Gasteiger partial charge in [-0.25, -0.2) is 4.39 Å². The summed E-state index contributed by atoms with van der Waals surface area (Å²) < 4.78 is 18.9. The first kappa shape index (κ1) is 16.0. The second kappa shape index (κ2) is 6.11. The van der Waals surface area contributed by atoms with Crippen molar-refractivity contribution in [2.75, 3.05) is 19.6 Å². The summed E-state index contributed by atoms with van der Waals surface area (Å²) in [7, 11) is 0. The van der Waals surface area contributed by atoms with Crippen LogP contribution < -0.4 is 10.6 Å². The van der Waals surface area contributed by atoms with Gasteiger partial charge in [0.05, 0.1) is 17.5 Å². The summed E-state index contributed by atoms with van der Waals surface area (Å²) in [6.07, 6.45) is 1.81. The molecule has 0 bridgehead atoms. The number of carbonyl (C=O) groups is 2. The molecule has 2 aromatic rings. The van der Waals surface area contributed by atoms with Crippen molar-refractivity contribution in [3.05, 3.63) is 29.7 Å². The molecule has 2 aliphatic rings. The summed E-state index contributed by atoms with van der Waals surface area (Å²) in [4.78, 5) is 24.6. The highest BCUT2D eigenvalue weighted by atomic mass is 19.1. The number of aromatic amines is 1. The third-order valence-corrected chi connectivity index (χ3v) is 5.12. The van der Waals surface area contributed by atoms with Crippen molar-refractivity contribution < 1.29 is 18.7 Å². The quantitative estimate of drug-likeness (QED) is 0.724. The van der Waals surface area contributed by atoms with E-state index in [4.69, 9.17) is 4.74 Å². The van der Waals surface area contributed by atoms with Gasteiger partial charge in [-0.15, -0.1) is 0 Å². The van der Waals surface area contributed by atoms with Gasteiger partial charge in [-0.05, 0) is 44.1 Å². The number of nitrogens with one attached hydrogen (secondary N) is 3. The van der Waals surface area contributed by atoms with Crippen LogP contribution in [0, 0.1) is 11.2 Å². The molecule has 7 nitrogen and oxygen atoms in total. The third kappa shape index (κ3) is 2.86. The van der Waals surface area contributed by atoms with Crippen molar-refractivity contribution in [3.63, 3.8) is 0 Å². The van der Waals surface area contributed by atoms with Crippen LogP contribution in [0.15, 0.2) is 18.2 Å². The van der Waals surface area contributed by atoms with Crippen molar-refractivity contribution in [1.29, 1.82) is 0 Å². The lowest BCUT2D eigenvalue weighted by Crippen LogP contribution is -2.39. The van der Waals surface area contributed by atoms with Crippen LogP contribution in [-0.4, -0.2) is 47.8 Å². The molecule has 25 heavy (non-hydrogen) atoms. The van der Waals surface area contributed by atoms with Crippen LogP contribution in [0.2, 0.25) is 0 Å². The Bertz CT molecular complexity index is 828. The van der Waals surface area contributed by atoms with Gasteiger partial charge in [0.25, 0.3) is 5.91 Å². The number of esters is 1. The summed E-state index contributed by atoms with van der Waals surface area (Å²) in [6, 6.07) is 4.11. The molecule has 0 aliphatic carbocycles. The lowest BCUT2D eigenvalue weighted by Gasteiger charge is -2.29. The van der Waals surface area contributed by atoms with Gasteiger partial charge < -0.3 is 15.4 Å². The molecule has 2 aliphatic heterocycles. The van der Waals surface area contributed by atoms with E-state index in [1.165, 1.54) is 18.2 Å². The number of amides is 1. The highest BCUT2D eigenvalue weighted by molar-refractivity contribution is 6.04. The first-order valence-electron chi connectivity index (χ1n) is 8.41. The van der Waals surface area contributed by atoms with Gasteiger partial charge in [0, 0.05) is 11.8 Å². The SMILES string of the molecule is O=C(NCC1CC2(CCNCC2)C(=O)O1)c1n[nH]c2ccc(F)cc12. The van der Waals surface area contributed by atoms with Crippen LogP contribution in [0.5, 0.6) is 0 Å². The van der Waals surface area contributed by atoms with Gasteiger partial charge in [0.1, 0.15) is 11.9 Å². The van der Waals surface area contributed by atoms with Crippen LogP contribution >= 0.6 is 0 Å². The fourth-order valence-corrected chi connectivity index (χ4v) is 3.71. The molecule has 132 valence electrons. The number of fused-ring (bicyclic) bond motifs is 1. The molecule has 0 saturated carbocycles. The van der Waals surface area contributed by atoms with Gasteiger partial charge in [0.2, 0.25) is 0 Å². The summed E-state index contributed by atoms with van der Waals surface area (Å²) in [5.74, 6) is -1.01. The topological polar surface area (TPSA) is 96.1 Å². The van der Waals surface area contributed by atoms with E-state index in [0.29, 0.717) is 17.3 Å². The number of hydrogen-bond acceptors (Lipinski definition) is 5. The highest BCUT2D eigenvalue weighted by Crippen LogP contribution is 2.41. The van der Waals surface area contributed by atoms with E-state index in [-0.39, 0.29) is 24.3 Å². The van der Waals surface area contributed by atoms with Crippen molar-refractivity contribution >= 4 is 22.8 Å². The molecule has 8 heteroatoms. The number of rotatable bonds is 3. The Morgan fingerprint density at radius 1 is 1.40 bits per heavy atom. The van der Waals surface area contributed by atoms with Gasteiger partial charge in [-0.1, -0.05) is 0 Å². The number of hydrogen-bond donors (Lipinski definition) is 3. The van der Waals surface area contributed by atoms with Crippen molar-refractivity contribution in [2.45, 2.75) is 25.4 Å². The Hall–Kier alpha value is -2.48. The lowest BCUT2D eigenvalue weighted by atomic mass is 9.76. The Morgan fingerprint density at radius 2 is 2.20 bits per heavy atom. The highest BCUT2D eigenvalue weighted by Gasteiger charge is 2.49. The second-order valence-electron chi connectivity index (χ2n) is 6.73. The third-order valence-electron chi connectivity index (χ3n) is 5.12. The number of aromatic nitrogens is 2. The maximum absolute atomic E-state index is 13.4. The molecule has 0 radical (unpaired) electrons. The number of ether oxygens (including phenoxy) is 1. The molecule has 1 unspecified atom stereocenters. The number of nitrogens with zero attached hydrogens (tertiary/aromatic N) is 1. The molecule has 1 aromatic heterocycles. The maximum atomic E-state index is 13.4. The standard InChI is InChI=1S/C17H19FN4O3/c18-10-1-2-13-12(7-10)14(22-21-13)15(23)20-9-11-8-17(16(24)25-11)3-5-19-6-4-17/h1-2,7,11,19H,3-6,8-9H2,(H,20,23)(H,21,22). The van der Waals surface area contributed by atoms with E-state index in [0.717, 1.165) is 25.9 Å². The summed E-state index contributed by atoms with van der Waals surface area (Å²) in [5.41, 5.74) is 0.311. The zero-order chi connectivity index (χ0) is 17.4. The first-order chi connectivity index (χ1) is 12.1. The van der Waals surface area contributed by atoms with Crippen LogP contribution in [0.3, 0.4) is 0 Å². The number of piperidine rings is 1. The molecule has 2 fully saturated rings. The monoisotopic (exact) mass is 346 g/mol. The molecule has 2 saturated heterocycles. The minimum absolute atomic E-state index is 0.135. The van der Waals surface area contributed by atoms with Gasteiger partial charge in [-0.3, -0.25) is 14.7 Å². The van der Waals surface area contributed by atoms with Crippen LogP contribution in [-0.2, 0) is 9.53 Å². The molecule has 1 amide bonds. The van der Waals surface area contributed by atoms with Crippen LogP contribution in [0.1, 0.15) is 29.8 Å². The Morgan fingerprint density at radius 3 is 3.00 bits per heavy atom. The molecule has 4 rings (SSSR count). The zero-order valence-electron chi connectivity index (χ0n) is 13.6. The van der Waals surface area contributed by atoms with Crippen LogP contribution in [0.25, 0.3) is 10.9 Å².